The predicted molar refractivity (Wildman–Crippen MR) is 79.2 cm³/mol. The van der Waals surface area contributed by atoms with Gasteiger partial charge in [0.15, 0.2) is 0 Å². The highest BCUT2D eigenvalue weighted by molar-refractivity contribution is 6.14. The van der Waals surface area contributed by atoms with Crippen molar-refractivity contribution in [1.82, 2.24) is 0 Å². The fourth-order valence-corrected chi connectivity index (χ4v) is 1.46. The largest absolute Gasteiger partial charge is 0.462 e. The summed E-state index contributed by atoms with van der Waals surface area (Å²) in [5.41, 5.74) is 1.06. The summed E-state index contributed by atoms with van der Waals surface area (Å²) in [6, 6.07) is 0. The first-order valence-electron chi connectivity index (χ1n) is 7.14. The normalized spacial score (nSPS) is 11.2. The molecule has 0 bridgehead atoms. The second-order valence-electron chi connectivity index (χ2n) is 4.97. The van der Waals surface area contributed by atoms with E-state index in [0.29, 0.717) is 5.92 Å². The molecule has 0 aromatic rings. The van der Waals surface area contributed by atoms with Crippen LogP contribution in [0.1, 0.15) is 47.5 Å². The Labute approximate surface area is 121 Å². The van der Waals surface area contributed by atoms with Gasteiger partial charge in [0.2, 0.25) is 0 Å². The van der Waals surface area contributed by atoms with Gasteiger partial charge < -0.3 is 9.47 Å². The van der Waals surface area contributed by atoms with Gasteiger partial charge in [-0.1, -0.05) is 25.5 Å². The first kappa shape index (κ1) is 18.4. The topological polar surface area (TPSA) is 52.6 Å². The molecule has 0 aliphatic heterocycles. The molecule has 0 fully saturated rings. The fraction of sp³-hybridized carbons (Fsp3) is 0.625. The van der Waals surface area contributed by atoms with E-state index in [9.17, 15) is 9.59 Å². The van der Waals surface area contributed by atoms with Crippen molar-refractivity contribution in [3.8, 4) is 0 Å². The Bertz CT molecular complexity index is 358. The SMILES string of the molecule is CCOC(=O)C(=C/C=C(\C)CCC(C)C)C(=O)OCC. The first-order valence-corrected chi connectivity index (χ1v) is 7.14. The minimum atomic E-state index is -0.640. The second kappa shape index (κ2) is 10.2. The summed E-state index contributed by atoms with van der Waals surface area (Å²) in [4.78, 5) is 23.4. The zero-order chi connectivity index (χ0) is 15.5. The van der Waals surface area contributed by atoms with Crippen LogP contribution in [0.25, 0.3) is 0 Å². The summed E-state index contributed by atoms with van der Waals surface area (Å²) in [5, 5.41) is 0. The molecular formula is C16H26O4. The predicted octanol–water partition coefficient (Wildman–Crippen LogP) is 3.42. The van der Waals surface area contributed by atoms with E-state index in [1.165, 1.54) is 6.08 Å². The van der Waals surface area contributed by atoms with Gasteiger partial charge in [0.25, 0.3) is 0 Å². The lowest BCUT2D eigenvalue weighted by Crippen LogP contribution is -2.18. The lowest BCUT2D eigenvalue weighted by molar-refractivity contribution is -0.146. The number of ether oxygens (including phenoxy) is 2. The number of hydrogen-bond acceptors (Lipinski definition) is 4. The number of carbonyl (C=O) groups is 2. The maximum atomic E-state index is 11.7. The van der Waals surface area contributed by atoms with Crippen LogP contribution in [0.4, 0.5) is 0 Å². The molecule has 20 heavy (non-hydrogen) atoms. The van der Waals surface area contributed by atoms with Crippen LogP contribution in [0.5, 0.6) is 0 Å². The van der Waals surface area contributed by atoms with E-state index in [-0.39, 0.29) is 18.8 Å². The minimum Gasteiger partial charge on any atom is -0.462 e. The minimum absolute atomic E-state index is 0.0578. The quantitative estimate of drug-likeness (QED) is 0.225. The summed E-state index contributed by atoms with van der Waals surface area (Å²) in [6.07, 6.45) is 5.29. The molecule has 0 N–H and O–H groups in total. The van der Waals surface area contributed by atoms with Crippen LogP contribution in [-0.4, -0.2) is 25.2 Å². The molecule has 0 amide bonds. The van der Waals surface area contributed by atoms with Gasteiger partial charge in [-0.25, -0.2) is 9.59 Å². The molecule has 0 rings (SSSR count). The van der Waals surface area contributed by atoms with E-state index < -0.39 is 11.9 Å². The van der Waals surface area contributed by atoms with Gasteiger partial charge in [-0.15, -0.1) is 0 Å². The number of carbonyl (C=O) groups excluding carboxylic acids is 2. The highest BCUT2D eigenvalue weighted by atomic mass is 16.6. The zero-order valence-corrected chi connectivity index (χ0v) is 13.2. The molecule has 0 heterocycles. The Balaban J connectivity index is 4.91. The average molecular weight is 282 g/mol. The molecule has 0 saturated heterocycles. The van der Waals surface area contributed by atoms with Gasteiger partial charge in [-0.05, 0) is 45.6 Å². The average Bonchev–Trinajstić information content (AvgIpc) is 2.37. The summed E-state index contributed by atoms with van der Waals surface area (Å²) in [7, 11) is 0. The van der Waals surface area contributed by atoms with E-state index in [4.69, 9.17) is 9.47 Å². The van der Waals surface area contributed by atoms with Crippen LogP contribution in [0, 0.1) is 5.92 Å². The maximum absolute atomic E-state index is 11.7. The lowest BCUT2D eigenvalue weighted by atomic mass is 10.0. The van der Waals surface area contributed by atoms with Crippen LogP contribution in [0.2, 0.25) is 0 Å². The molecule has 0 aliphatic carbocycles. The molecule has 0 unspecified atom stereocenters. The summed E-state index contributed by atoms with van der Waals surface area (Å²) in [5.74, 6) is -0.658. The molecule has 4 nitrogen and oxygen atoms in total. The van der Waals surface area contributed by atoms with Gasteiger partial charge >= 0.3 is 11.9 Å². The van der Waals surface area contributed by atoms with Gasteiger partial charge in [0.1, 0.15) is 5.57 Å². The fourth-order valence-electron chi connectivity index (χ4n) is 1.46. The molecule has 4 heteroatoms. The van der Waals surface area contributed by atoms with Gasteiger partial charge in [0.05, 0.1) is 13.2 Å². The van der Waals surface area contributed by atoms with Gasteiger partial charge in [-0.3, -0.25) is 0 Å². The van der Waals surface area contributed by atoms with Crippen LogP contribution in [0.15, 0.2) is 23.3 Å². The zero-order valence-electron chi connectivity index (χ0n) is 13.2. The molecule has 0 saturated carbocycles. The molecule has 0 aromatic heterocycles. The van der Waals surface area contributed by atoms with E-state index >= 15 is 0 Å². The van der Waals surface area contributed by atoms with Crippen molar-refractivity contribution in [2.24, 2.45) is 5.92 Å². The number of rotatable bonds is 8. The Morgan fingerprint density at radius 1 is 1.00 bits per heavy atom. The van der Waals surface area contributed by atoms with E-state index in [0.717, 1.165) is 18.4 Å². The second-order valence-corrected chi connectivity index (χ2v) is 4.97. The van der Waals surface area contributed by atoms with Crippen molar-refractivity contribution >= 4 is 11.9 Å². The van der Waals surface area contributed by atoms with Crippen molar-refractivity contribution in [3.63, 3.8) is 0 Å². The third-order valence-corrected chi connectivity index (χ3v) is 2.64. The summed E-state index contributed by atoms with van der Waals surface area (Å²) in [6.45, 7) is 10.1. The molecule has 0 radical (unpaired) electrons. The smallest absolute Gasteiger partial charge is 0.345 e. The van der Waals surface area contributed by atoms with Crippen molar-refractivity contribution in [1.29, 1.82) is 0 Å². The summed E-state index contributed by atoms with van der Waals surface area (Å²) >= 11 is 0. The van der Waals surface area contributed by atoms with E-state index in [2.05, 4.69) is 13.8 Å². The van der Waals surface area contributed by atoms with Crippen LogP contribution >= 0.6 is 0 Å². The Morgan fingerprint density at radius 2 is 1.50 bits per heavy atom. The molecule has 0 atom stereocenters. The van der Waals surface area contributed by atoms with Crippen molar-refractivity contribution in [2.75, 3.05) is 13.2 Å². The van der Waals surface area contributed by atoms with Crippen LogP contribution in [-0.2, 0) is 19.1 Å². The highest BCUT2D eigenvalue weighted by Crippen LogP contribution is 2.12. The Hall–Kier alpha value is -1.58. The number of allylic oxidation sites excluding steroid dienone is 3. The first-order chi connectivity index (χ1) is 9.42. The molecule has 0 spiro atoms. The van der Waals surface area contributed by atoms with Gasteiger partial charge in [-0.2, -0.15) is 0 Å². The Morgan fingerprint density at radius 3 is 1.90 bits per heavy atom. The van der Waals surface area contributed by atoms with Crippen LogP contribution < -0.4 is 0 Å². The molecule has 0 aliphatic rings. The van der Waals surface area contributed by atoms with E-state index in [1.807, 2.05) is 6.92 Å². The standard InChI is InChI=1S/C16H26O4/c1-6-19-15(17)14(16(18)20-7-2)11-10-13(5)9-8-12(3)4/h10-12H,6-9H2,1-5H3/b13-10+. The summed E-state index contributed by atoms with van der Waals surface area (Å²) < 4.78 is 9.73. The third kappa shape index (κ3) is 7.77. The highest BCUT2D eigenvalue weighted by Gasteiger charge is 2.19. The Kier molecular flexibility index (Phi) is 9.43. The maximum Gasteiger partial charge on any atom is 0.345 e. The third-order valence-electron chi connectivity index (χ3n) is 2.64. The number of hydrogen-bond donors (Lipinski definition) is 0. The van der Waals surface area contributed by atoms with Crippen molar-refractivity contribution < 1.29 is 19.1 Å². The number of esters is 2. The van der Waals surface area contributed by atoms with Crippen molar-refractivity contribution in [2.45, 2.75) is 47.5 Å². The lowest BCUT2D eigenvalue weighted by Gasteiger charge is -2.06. The van der Waals surface area contributed by atoms with Crippen molar-refractivity contribution in [3.05, 3.63) is 23.3 Å². The van der Waals surface area contributed by atoms with Gasteiger partial charge in [0, 0.05) is 0 Å². The van der Waals surface area contributed by atoms with E-state index in [1.54, 1.807) is 19.9 Å². The monoisotopic (exact) mass is 282 g/mol. The van der Waals surface area contributed by atoms with Crippen LogP contribution in [0.3, 0.4) is 0 Å². The molecule has 114 valence electrons. The molecular weight excluding hydrogens is 256 g/mol. The molecule has 0 aromatic carbocycles.